The molecule has 0 spiro atoms. The summed E-state index contributed by atoms with van der Waals surface area (Å²) in [5.74, 6) is 1.09. The van der Waals surface area contributed by atoms with Crippen LogP contribution in [0.4, 0.5) is 5.69 Å². The second kappa shape index (κ2) is 11.7. The van der Waals surface area contributed by atoms with Crippen molar-refractivity contribution in [2.75, 3.05) is 5.73 Å². The van der Waals surface area contributed by atoms with Gasteiger partial charge in [-0.25, -0.2) is 0 Å². The van der Waals surface area contributed by atoms with Crippen molar-refractivity contribution in [1.82, 2.24) is 0 Å². The van der Waals surface area contributed by atoms with Gasteiger partial charge in [-0.05, 0) is 53.7 Å². The van der Waals surface area contributed by atoms with Crippen molar-refractivity contribution in [1.29, 1.82) is 0 Å². The largest absolute Gasteiger partial charge is 0.398 e. The second-order valence-electron chi connectivity index (χ2n) is 9.48. The summed E-state index contributed by atoms with van der Waals surface area (Å²) >= 11 is 0. The van der Waals surface area contributed by atoms with Crippen molar-refractivity contribution < 1.29 is 0 Å². The zero-order chi connectivity index (χ0) is 20.4. The predicted octanol–water partition coefficient (Wildman–Crippen LogP) is 7.16. The van der Waals surface area contributed by atoms with Crippen LogP contribution in [0.3, 0.4) is 0 Å². The molecular formula is C25H46N2. The molecule has 2 nitrogen and oxygen atoms in total. The normalized spacial score (nSPS) is 15.3. The number of nitrogens with two attached hydrogens (primary N) is 2. The summed E-state index contributed by atoms with van der Waals surface area (Å²) in [6.07, 6.45) is 11.6. The first-order valence-electron chi connectivity index (χ1n) is 11.4. The molecule has 2 atom stereocenters. The molecule has 0 aliphatic rings. The second-order valence-corrected chi connectivity index (χ2v) is 9.48. The maximum atomic E-state index is 6.18. The molecular weight excluding hydrogens is 328 g/mol. The molecule has 1 aromatic carbocycles. The molecule has 0 amide bonds. The van der Waals surface area contributed by atoms with E-state index in [1.807, 2.05) is 0 Å². The molecule has 0 aliphatic carbocycles. The molecule has 0 saturated heterocycles. The predicted molar refractivity (Wildman–Crippen MR) is 122 cm³/mol. The van der Waals surface area contributed by atoms with Crippen LogP contribution in [0.2, 0.25) is 0 Å². The Labute approximate surface area is 169 Å². The van der Waals surface area contributed by atoms with Gasteiger partial charge < -0.3 is 11.5 Å². The number of unbranched alkanes of at least 4 members (excludes halogenated alkanes) is 5. The van der Waals surface area contributed by atoms with Crippen molar-refractivity contribution in [2.24, 2.45) is 11.7 Å². The minimum absolute atomic E-state index is 0.265. The summed E-state index contributed by atoms with van der Waals surface area (Å²) in [7, 11) is 0. The van der Waals surface area contributed by atoms with E-state index in [4.69, 9.17) is 11.5 Å². The molecule has 2 heteroatoms. The van der Waals surface area contributed by atoms with Crippen LogP contribution < -0.4 is 11.5 Å². The highest BCUT2D eigenvalue weighted by Crippen LogP contribution is 2.36. The van der Waals surface area contributed by atoms with Gasteiger partial charge in [0.25, 0.3) is 0 Å². The first kappa shape index (κ1) is 24.0. The van der Waals surface area contributed by atoms with E-state index >= 15 is 0 Å². The third kappa shape index (κ3) is 7.86. The minimum atomic E-state index is 0.265. The van der Waals surface area contributed by atoms with Crippen LogP contribution in [0.15, 0.2) is 18.2 Å². The molecule has 4 N–H and O–H groups in total. The van der Waals surface area contributed by atoms with Gasteiger partial charge in [-0.3, -0.25) is 0 Å². The average molecular weight is 375 g/mol. The maximum Gasteiger partial charge on any atom is 0.0349 e. The number of anilines is 1. The summed E-state index contributed by atoms with van der Waals surface area (Å²) in [6.45, 7) is 13.7. The number of hydrogen-bond acceptors (Lipinski definition) is 2. The highest BCUT2D eigenvalue weighted by atomic mass is 14.6. The van der Waals surface area contributed by atoms with E-state index in [2.05, 4.69) is 59.7 Å². The summed E-state index contributed by atoms with van der Waals surface area (Å²) < 4.78 is 0. The number of nitrogen functional groups attached to an aromatic ring is 1. The fraction of sp³-hybridized carbons (Fsp3) is 0.760. The summed E-state index contributed by atoms with van der Waals surface area (Å²) in [5.41, 5.74) is 16.3. The quantitative estimate of drug-likeness (QED) is 0.284. The van der Waals surface area contributed by atoms with Crippen molar-refractivity contribution in [2.45, 2.75) is 117 Å². The van der Waals surface area contributed by atoms with Gasteiger partial charge in [0.05, 0.1) is 0 Å². The average Bonchev–Trinajstić information content (AvgIpc) is 2.63. The van der Waals surface area contributed by atoms with Crippen molar-refractivity contribution in [3.63, 3.8) is 0 Å². The van der Waals surface area contributed by atoms with Gasteiger partial charge in [0.1, 0.15) is 0 Å². The van der Waals surface area contributed by atoms with Crippen LogP contribution in [-0.2, 0) is 5.41 Å². The van der Waals surface area contributed by atoms with Crippen LogP contribution in [0, 0.1) is 5.92 Å². The summed E-state index contributed by atoms with van der Waals surface area (Å²) in [5, 5.41) is 0. The highest BCUT2D eigenvalue weighted by molar-refractivity contribution is 5.51. The molecule has 2 unspecified atom stereocenters. The molecule has 0 radical (unpaired) electrons. The van der Waals surface area contributed by atoms with E-state index in [9.17, 15) is 0 Å². The fourth-order valence-corrected chi connectivity index (χ4v) is 3.91. The molecule has 0 heterocycles. The van der Waals surface area contributed by atoms with Crippen molar-refractivity contribution in [3.05, 3.63) is 29.3 Å². The van der Waals surface area contributed by atoms with Crippen LogP contribution in [-0.4, -0.2) is 6.04 Å². The molecule has 0 bridgehead atoms. The number of rotatable bonds is 13. The third-order valence-electron chi connectivity index (χ3n) is 6.56. The zero-order valence-corrected chi connectivity index (χ0v) is 19.0. The molecule has 1 rings (SSSR count). The van der Waals surface area contributed by atoms with Gasteiger partial charge >= 0.3 is 0 Å². The molecule has 27 heavy (non-hydrogen) atoms. The lowest BCUT2D eigenvalue weighted by atomic mass is 9.75. The molecule has 0 aliphatic heterocycles. The Bertz CT molecular complexity index is 535. The Kier molecular flexibility index (Phi) is 10.4. The standard InChI is InChI=1S/C25H46N2/c1-7-25(6,21-15-16-24(27)22(18-21)19(2)3)17-13-11-9-8-10-12-14-23(26)20(4)5/h15-16,18-20,23H,7-14,17,26-27H2,1-6H3. The van der Waals surface area contributed by atoms with E-state index in [1.54, 1.807) is 0 Å². The lowest BCUT2D eigenvalue weighted by molar-refractivity contribution is 0.391. The Morgan fingerprint density at radius 2 is 1.52 bits per heavy atom. The monoisotopic (exact) mass is 374 g/mol. The van der Waals surface area contributed by atoms with Gasteiger partial charge in [-0.15, -0.1) is 0 Å². The number of benzene rings is 1. The molecule has 0 saturated carbocycles. The molecule has 156 valence electrons. The highest BCUT2D eigenvalue weighted by Gasteiger charge is 2.25. The van der Waals surface area contributed by atoms with Gasteiger partial charge in [0.15, 0.2) is 0 Å². The van der Waals surface area contributed by atoms with Gasteiger partial charge in [0.2, 0.25) is 0 Å². The minimum Gasteiger partial charge on any atom is -0.398 e. The summed E-state index contributed by atoms with van der Waals surface area (Å²) in [4.78, 5) is 0. The Hall–Kier alpha value is -1.02. The van der Waals surface area contributed by atoms with Crippen LogP contribution in [0.5, 0.6) is 0 Å². The Morgan fingerprint density at radius 1 is 0.926 bits per heavy atom. The molecule has 0 fully saturated rings. The topological polar surface area (TPSA) is 52.0 Å². The first-order chi connectivity index (χ1) is 12.7. The van der Waals surface area contributed by atoms with Crippen LogP contribution in [0.25, 0.3) is 0 Å². The van der Waals surface area contributed by atoms with Crippen molar-refractivity contribution in [3.8, 4) is 0 Å². The molecule has 1 aromatic rings. The van der Waals surface area contributed by atoms with Gasteiger partial charge in [0, 0.05) is 11.7 Å². The third-order valence-corrected chi connectivity index (χ3v) is 6.56. The van der Waals surface area contributed by atoms with E-state index in [0.29, 0.717) is 17.9 Å². The Balaban J connectivity index is 2.40. The lowest BCUT2D eigenvalue weighted by Gasteiger charge is -2.30. The van der Waals surface area contributed by atoms with Gasteiger partial charge in [-0.1, -0.05) is 92.2 Å². The zero-order valence-electron chi connectivity index (χ0n) is 19.0. The molecule has 0 aromatic heterocycles. The fourth-order valence-electron chi connectivity index (χ4n) is 3.91. The SMILES string of the molecule is CCC(C)(CCCCCCCCC(N)C(C)C)c1ccc(N)c(C(C)C)c1. The van der Waals surface area contributed by atoms with E-state index in [-0.39, 0.29) is 5.41 Å². The van der Waals surface area contributed by atoms with Crippen LogP contribution in [0.1, 0.15) is 116 Å². The maximum absolute atomic E-state index is 6.18. The lowest BCUT2D eigenvalue weighted by Crippen LogP contribution is -2.25. The smallest absolute Gasteiger partial charge is 0.0349 e. The van der Waals surface area contributed by atoms with Crippen molar-refractivity contribution >= 4 is 5.69 Å². The number of hydrogen-bond donors (Lipinski definition) is 2. The first-order valence-corrected chi connectivity index (χ1v) is 11.4. The van der Waals surface area contributed by atoms with E-state index in [1.165, 1.54) is 68.9 Å². The summed E-state index contributed by atoms with van der Waals surface area (Å²) in [6, 6.07) is 7.11. The van der Waals surface area contributed by atoms with Gasteiger partial charge in [-0.2, -0.15) is 0 Å². The van der Waals surface area contributed by atoms with E-state index < -0.39 is 0 Å². The van der Waals surface area contributed by atoms with Crippen LogP contribution >= 0.6 is 0 Å². The Morgan fingerprint density at radius 3 is 2.07 bits per heavy atom. The van der Waals surface area contributed by atoms with E-state index in [0.717, 1.165) is 5.69 Å².